The zero-order valence-corrected chi connectivity index (χ0v) is 14.4. The zero-order valence-electron chi connectivity index (χ0n) is 12.1. The van der Waals surface area contributed by atoms with Crippen molar-refractivity contribution in [1.29, 1.82) is 0 Å². The van der Waals surface area contributed by atoms with E-state index < -0.39 is 16.4 Å². The number of methoxy groups -OCH3 is 1. The lowest BCUT2D eigenvalue weighted by Crippen LogP contribution is -1.96. The molecule has 126 valence electrons. The van der Waals surface area contributed by atoms with Crippen LogP contribution in [0.1, 0.15) is 5.56 Å². The highest BCUT2D eigenvalue weighted by Crippen LogP contribution is 2.36. The van der Waals surface area contributed by atoms with Gasteiger partial charge in [0.25, 0.3) is 0 Å². The number of nitrogens with zero attached hydrogens (tertiary/aromatic N) is 2. The second kappa shape index (κ2) is 7.57. The summed E-state index contributed by atoms with van der Waals surface area (Å²) in [5, 5.41) is 25.5. The van der Waals surface area contributed by atoms with Crippen molar-refractivity contribution in [2.24, 2.45) is 5.10 Å². The molecule has 2 N–H and O–H groups in total. The molecular weight excluding hydrogens is 381 g/mol. The maximum atomic E-state index is 10.9. The predicted octanol–water partition coefficient (Wildman–Crippen LogP) is 4.72. The lowest BCUT2D eigenvalue weighted by Gasteiger charge is -2.07. The number of hydrogen-bond acceptors (Lipinski definition) is 6. The first-order chi connectivity index (χ1) is 11.3. The van der Waals surface area contributed by atoms with Crippen LogP contribution in [-0.4, -0.2) is 23.4 Å². The Labute approximate surface area is 151 Å². The number of halogens is 3. The number of benzene rings is 2. The van der Waals surface area contributed by atoms with Gasteiger partial charge in [0.2, 0.25) is 5.75 Å². The van der Waals surface area contributed by atoms with Gasteiger partial charge in [0.05, 0.1) is 34.0 Å². The number of nitrogens with one attached hydrogen (secondary N) is 1. The molecule has 0 aromatic heterocycles. The predicted molar refractivity (Wildman–Crippen MR) is 94.0 cm³/mol. The molecule has 0 aliphatic rings. The summed E-state index contributed by atoms with van der Waals surface area (Å²) in [6.07, 6.45) is 1.29. The minimum absolute atomic E-state index is 0.0480. The van der Waals surface area contributed by atoms with Crippen LogP contribution in [0.5, 0.6) is 11.5 Å². The van der Waals surface area contributed by atoms with Crippen LogP contribution in [0, 0.1) is 10.1 Å². The molecule has 2 aromatic carbocycles. The van der Waals surface area contributed by atoms with Crippen molar-refractivity contribution in [2.75, 3.05) is 12.5 Å². The van der Waals surface area contributed by atoms with E-state index in [1.54, 1.807) is 0 Å². The van der Waals surface area contributed by atoms with E-state index in [2.05, 4.69) is 10.5 Å². The monoisotopic (exact) mass is 389 g/mol. The summed E-state index contributed by atoms with van der Waals surface area (Å²) in [6, 6.07) is 5.51. The molecular formula is C14H10Cl3N3O4. The number of nitro groups is 1. The number of phenols is 1. The van der Waals surface area contributed by atoms with Crippen molar-refractivity contribution in [1.82, 2.24) is 0 Å². The largest absolute Gasteiger partial charge is 0.500 e. The van der Waals surface area contributed by atoms with Crippen LogP contribution in [0.15, 0.2) is 29.4 Å². The fraction of sp³-hybridized carbons (Fsp3) is 0.0714. The van der Waals surface area contributed by atoms with Gasteiger partial charge in [-0.15, -0.1) is 0 Å². The summed E-state index contributed by atoms with van der Waals surface area (Å²) in [4.78, 5) is 10.2. The van der Waals surface area contributed by atoms with Crippen LogP contribution in [-0.2, 0) is 0 Å². The molecule has 0 atom stereocenters. The molecule has 0 aliphatic carbocycles. The minimum Gasteiger partial charge on any atom is -0.500 e. The van der Waals surface area contributed by atoms with E-state index in [0.717, 1.165) is 6.07 Å². The molecule has 2 rings (SSSR count). The van der Waals surface area contributed by atoms with Gasteiger partial charge in [0.1, 0.15) is 0 Å². The fourth-order valence-electron chi connectivity index (χ4n) is 1.80. The van der Waals surface area contributed by atoms with Crippen LogP contribution in [0.2, 0.25) is 15.1 Å². The van der Waals surface area contributed by atoms with Gasteiger partial charge in [-0.2, -0.15) is 5.10 Å². The summed E-state index contributed by atoms with van der Waals surface area (Å²) in [7, 11) is 1.28. The van der Waals surface area contributed by atoms with Crippen molar-refractivity contribution >= 4 is 52.4 Å². The third kappa shape index (κ3) is 4.00. The molecule has 0 saturated heterocycles. The molecule has 10 heteroatoms. The van der Waals surface area contributed by atoms with Crippen molar-refractivity contribution in [3.63, 3.8) is 0 Å². The number of anilines is 1. The van der Waals surface area contributed by atoms with Gasteiger partial charge < -0.3 is 9.84 Å². The average Bonchev–Trinajstić information content (AvgIpc) is 2.50. The number of nitro benzene ring substituents is 1. The van der Waals surface area contributed by atoms with E-state index in [1.807, 2.05) is 0 Å². The van der Waals surface area contributed by atoms with E-state index in [4.69, 9.17) is 39.5 Å². The molecule has 0 unspecified atom stereocenters. The molecule has 0 aliphatic heterocycles. The number of hydrogen-bond donors (Lipinski definition) is 2. The number of hydrazone groups is 1. The first-order valence-electron chi connectivity index (χ1n) is 6.32. The van der Waals surface area contributed by atoms with Gasteiger partial charge >= 0.3 is 5.69 Å². The van der Waals surface area contributed by atoms with Crippen LogP contribution < -0.4 is 10.2 Å². The number of rotatable bonds is 5. The Morgan fingerprint density at radius 2 is 1.88 bits per heavy atom. The van der Waals surface area contributed by atoms with Crippen LogP contribution in [0.3, 0.4) is 0 Å². The van der Waals surface area contributed by atoms with Gasteiger partial charge in [-0.25, -0.2) is 0 Å². The lowest BCUT2D eigenvalue weighted by molar-refractivity contribution is -0.386. The van der Waals surface area contributed by atoms with E-state index in [1.165, 1.54) is 31.5 Å². The molecule has 7 nitrogen and oxygen atoms in total. The molecule has 0 heterocycles. The van der Waals surface area contributed by atoms with E-state index in [-0.39, 0.29) is 15.8 Å². The Balaban J connectivity index is 2.30. The Morgan fingerprint density at radius 3 is 2.42 bits per heavy atom. The first-order valence-corrected chi connectivity index (χ1v) is 7.46. The van der Waals surface area contributed by atoms with Gasteiger partial charge in [-0.1, -0.05) is 34.8 Å². The van der Waals surface area contributed by atoms with Crippen LogP contribution in [0.4, 0.5) is 11.4 Å². The van der Waals surface area contributed by atoms with Crippen LogP contribution in [0.25, 0.3) is 0 Å². The number of ether oxygens (including phenoxy) is 1. The van der Waals surface area contributed by atoms with E-state index >= 15 is 0 Å². The molecule has 0 spiro atoms. The summed E-state index contributed by atoms with van der Waals surface area (Å²) < 4.78 is 4.90. The third-order valence-electron chi connectivity index (χ3n) is 2.89. The maximum Gasteiger partial charge on any atom is 0.315 e. The van der Waals surface area contributed by atoms with Crippen molar-refractivity contribution in [2.45, 2.75) is 0 Å². The Morgan fingerprint density at radius 1 is 1.25 bits per heavy atom. The van der Waals surface area contributed by atoms with Gasteiger partial charge in [0.15, 0.2) is 5.75 Å². The standard InChI is InChI=1S/C14H10Cl3N3O4/c1-24-12-3-7(2-11(14(12)21)20(22)23)6-18-19-13-9(16)4-8(15)5-10(13)17/h2-6,19,21H,1H3. The Kier molecular flexibility index (Phi) is 5.71. The molecule has 0 bridgehead atoms. The molecule has 24 heavy (non-hydrogen) atoms. The summed E-state index contributed by atoms with van der Waals surface area (Å²) in [6.45, 7) is 0. The lowest BCUT2D eigenvalue weighted by atomic mass is 10.2. The number of phenolic OH excluding ortho intramolecular Hbond substituents is 1. The van der Waals surface area contributed by atoms with Crippen LogP contribution >= 0.6 is 34.8 Å². The highest BCUT2D eigenvalue weighted by atomic mass is 35.5. The highest BCUT2D eigenvalue weighted by Gasteiger charge is 2.19. The SMILES string of the molecule is COc1cc(C=NNc2c(Cl)cc(Cl)cc2Cl)cc([N+](=O)[O-])c1O. The summed E-state index contributed by atoms with van der Waals surface area (Å²) >= 11 is 17.8. The quantitative estimate of drug-likeness (QED) is 0.437. The smallest absolute Gasteiger partial charge is 0.315 e. The normalized spacial score (nSPS) is 10.8. The van der Waals surface area contributed by atoms with Gasteiger partial charge in [0, 0.05) is 16.7 Å². The van der Waals surface area contributed by atoms with Crippen molar-refractivity contribution in [3.05, 3.63) is 55.0 Å². The first kappa shape index (κ1) is 18.1. The van der Waals surface area contributed by atoms with Crippen molar-refractivity contribution < 1.29 is 14.8 Å². The van der Waals surface area contributed by atoms with Gasteiger partial charge in [-0.3, -0.25) is 15.5 Å². The van der Waals surface area contributed by atoms with E-state index in [9.17, 15) is 15.2 Å². The Bertz CT molecular complexity index is 804. The Hall–Kier alpha value is -2.22. The summed E-state index contributed by atoms with van der Waals surface area (Å²) in [5.74, 6) is -0.607. The number of aromatic hydroxyl groups is 1. The topological polar surface area (TPSA) is 97.0 Å². The molecule has 0 saturated carbocycles. The molecule has 0 radical (unpaired) electrons. The fourth-order valence-corrected chi connectivity index (χ4v) is 2.71. The zero-order chi connectivity index (χ0) is 17.9. The van der Waals surface area contributed by atoms with E-state index in [0.29, 0.717) is 16.3 Å². The molecule has 0 amide bonds. The highest BCUT2D eigenvalue weighted by molar-refractivity contribution is 6.41. The average molecular weight is 391 g/mol. The molecule has 2 aromatic rings. The molecule has 0 fully saturated rings. The minimum atomic E-state index is -0.727. The van der Waals surface area contributed by atoms with Gasteiger partial charge in [-0.05, 0) is 18.2 Å². The maximum absolute atomic E-state index is 10.9. The second-order valence-corrected chi connectivity index (χ2v) is 5.71. The van der Waals surface area contributed by atoms with Crippen molar-refractivity contribution in [3.8, 4) is 11.5 Å². The third-order valence-corrected chi connectivity index (χ3v) is 3.71. The summed E-state index contributed by atoms with van der Waals surface area (Å²) in [5.41, 5.74) is 2.79. The second-order valence-electron chi connectivity index (χ2n) is 4.46.